The van der Waals surface area contributed by atoms with Crippen molar-refractivity contribution in [3.63, 3.8) is 0 Å². The molecule has 1 N–H and O–H groups in total. The molecule has 1 rings (SSSR count). The number of aliphatic hydroxyl groups is 1. The fraction of sp³-hybridized carbons (Fsp3) is 0.750. The van der Waals surface area contributed by atoms with Gasteiger partial charge in [0.25, 0.3) is 0 Å². The molecule has 0 saturated heterocycles. The summed E-state index contributed by atoms with van der Waals surface area (Å²) in [5.74, 6) is 0. The molecule has 2 atom stereocenters. The van der Waals surface area contributed by atoms with Crippen molar-refractivity contribution in [2.45, 2.75) is 39.4 Å². The Labute approximate surface area is 97.2 Å². The third-order valence-electron chi connectivity index (χ3n) is 2.66. The van der Waals surface area contributed by atoms with Crippen LogP contribution in [0.1, 0.15) is 26.3 Å². The summed E-state index contributed by atoms with van der Waals surface area (Å²) in [6.07, 6.45) is 3.59. The summed E-state index contributed by atoms with van der Waals surface area (Å²) in [6, 6.07) is 0. The third-order valence-corrected chi connectivity index (χ3v) is 2.66. The lowest BCUT2D eigenvalue weighted by molar-refractivity contribution is -0.0699. The number of aliphatic hydroxyl groups excluding tert-OH is 1. The van der Waals surface area contributed by atoms with Crippen molar-refractivity contribution in [3.8, 4) is 0 Å². The Morgan fingerprint density at radius 3 is 2.50 bits per heavy atom. The Morgan fingerprint density at radius 1 is 1.50 bits per heavy atom. The normalized spacial score (nSPS) is 16.1. The highest BCUT2D eigenvalue weighted by atomic mass is 16.5. The molecule has 1 heterocycles. The zero-order valence-corrected chi connectivity index (χ0v) is 10.8. The molecule has 0 aliphatic rings. The van der Waals surface area contributed by atoms with Gasteiger partial charge in [0.2, 0.25) is 0 Å². The molecule has 92 valence electrons. The largest absolute Gasteiger partial charge is 0.390 e. The molecule has 0 radical (unpaired) electrons. The van der Waals surface area contributed by atoms with Gasteiger partial charge in [0.05, 0.1) is 18.4 Å². The summed E-state index contributed by atoms with van der Waals surface area (Å²) >= 11 is 0. The maximum Gasteiger partial charge on any atom is 0.0881 e. The summed E-state index contributed by atoms with van der Waals surface area (Å²) in [4.78, 5) is 0. The van der Waals surface area contributed by atoms with Crippen LogP contribution in [0, 0.1) is 5.41 Å². The van der Waals surface area contributed by atoms with Crippen molar-refractivity contribution in [3.05, 3.63) is 18.0 Å². The molecule has 0 aliphatic carbocycles. The molecule has 0 aromatic carbocycles. The van der Waals surface area contributed by atoms with E-state index in [2.05, 4.69) is 25.9 Å². The lowest BCUT2D eigenvalue weighted by Gasteiger charge is -2.33. The Kier molecular flexibility index (Phi) is 4.10. The SMILES string of the molecule is COC(C(O)Cc1cnn(C)c1)C(C)(C)C. The van der Waals surface area contributed by atoms with E-state index >= 15 is 0 Å². The summed E-state index contributed by atoms with van der Waals surface area (Å²) in [5, 5.41) is 14.2. The van der Waals surface area contributed by atoms with Crippen molar-refractivity contribution >= 4 is 0 Å². The summed E-state index contributed by atoms with van der Waals surface area (Å²) in [6.45, 7) is 6.19. The summed E-state index contributed by atoms with van der Waals surface area (Å²) < 4.78 is 7.12. The van der Waals surface area contributed by atoms with E-state index in [1.165, 1.54) is 0 Å². The second-order valence-corrected chi connectivity index (χ2v) is 5.32. The van der Waals surface area contributed by atoms with Crippen molar-refractivity contribution in [1.29, 1.82) is 0 Å². The fourth-order valence-electron chi connectivity index (χ4n) is 2.01. The maximum atomic E-state index is 10.1. The monoisotopic (exact) mass is 226 g/mol. The molecule has 4 nitrogen and oxygen atoms in total. The number of methoxy groups -OCH3 is 1. The van der Waals surface area contributed by atoms with Crippen LogP contribution < -0.4 is 0 Å². The Morgan fingerprint density at radius 2 is 2.12 bits per heavy atom. The minimum atomic E-state index is -0.505. The highest BCUT2D eigenvalue weighted by Gasteiger charge is 2.31. The van der Waals surface area contributed by atoms with Crippen LogP contribution in [-0.2, 0) is 18.2 Å². The first-order chi connectivity index (χ1) is 7.34. The van der Waals surface area contributed by atoms with E-state index in [0.29, 0.717) is 6.42 Å². The first-order valence-electron chi connectivity index (χ1n) is 5.53. The second kappa shape index (κ2) is 4.97. The number of hydrogen-bond acceptors (Lipinski definition) is 3. The molecule has 0 aliphatic heterocycles. The van der Waals surface area contributed by atoms with Gasteiger partial charge in [0.1, 0.15) is 0 Å². The first kappa shape index (κ1) is 13.2. The Balaban J connectivity index is 2.66. The standard InChI is InChI=1S/C12H22N2O2/c1-12(2,3)11(16-5)10(15)6-9-7-13-14(4)8-9/h7-8,10-11,15H,6H2,1-5H3. The van der Waals surface area contributed by atoms with Gasteiger partial charge in [0.15, 0.2) is 0 Å². The molecule has 2 unspecified atom stereocenters. The van der Waals surface area contributed by atoms with Crippen LogP contribution in [0.2, 0.25) is 0 Å². The number of nitrogens with zero attached hydrogens (tertiary/aromatic N) is 2. The van der Waals surface area contributed by atoms with Crippen molar-refractivity contribution < 1.29 is 9.84 Å². The van der Waals surface area contributed by atoms with E-state index in [1.54, 1.807) is 18.0 Å². The van der Waals surface area contributed by atoms with Gasteiger partial charge in [-0.25, -0.2) is 0 Å². The van der Waals surface area contributed by atoms with E-state index in [4.69, 9.17) is 4.74 Å². The molecule has 0 amide bonds. The molecule has 0 spiro atoms. The molecule has 0 fully saturated rings. The zero-order valence-electron chi connectivity index (χ0n) is 10.8. The quantitative estimate of drug-likeness (QED) is 0.844. The summed E-state index contributed by atoms with van der Waals surface area (Å²) in [7, 11) is 3.51. The minimum Gasteiger partial charge on any atom is -0.390 e. The van der Waals surface area contributed by atoms with Gasteiger partial charge >= 0.3 is 0 Å². The van der Waals surface area contributed by atoms with E-state index < -0.39 is 6.10 Å². The Hall–Kier alpha value is -0.870. The van der Waals surface area contributed by atoms with Crippen LogP contribution in [0.4, 0.5) is 0 Å². The highest BCUT2D eigenvalue weighted by molar-refractivity contribution is 5.06. The first-order valence-corrected chi connectivity index (χ1v) is 5.53. The van der Waals surface area contributed by atoms with Crippen LogP contribution in [0.5, 0.6) is 0 Å². The minimum absolute atomic E-state index is 0.0730. The van der Waals surface area contributed by atoms with Gasteiger partial charge in [-0.3, -0.25) is 4.68 Å². The van der Waals surface area contributed by atoms with Crippen molar-refractivity contribution in [2.75, 3.05) is 7.11 Å². The average Bonchev–Trinajstić information content (AvgIpc) is 2.49. The predicted octanol–water partition coefficient (Wildman–Crippen LogP) is 1.38. The molecule has 0 bridgehead atoms. The number of aryl methyl sites for hydroxylation is 1. The zero-order chi connectivity index (χ0) is 12.3. The topological polar surface area (TPSA) is 47.3 Å². The fourth-order valence-corrected chi connectivity index (χ4v) is 2.01. The lowest BCUT2D eigenvalue weighted by Crippen LogP contribution is -2.40. The van der Waals surface area contributed by atoms with Gasteiger partial charge in [-0.1, -0.05) is 20.8 Å². The smallest absolute Gasteiger partial charge is 0.0881 e. The number of hydrogen-bond donors (Lipinski definition) is 1. The number of aromatic nitrogens is 2. The van der Waals surface area contributed by atoms with E-state index in [0.717, 1.165) is 5.56 Å². The van der Waals surface area contributed by atoms with Gasteiger partial charge in [-0.05, 0) is 11.0 Å². The Bertz CT molecular complexity index is 328. The average molecular weight is 226 g/mol. The molecule has 4 heteroatoms. The molecular formula is C12H22N2O2. The van der Waals surface area contributed by atoms with E-state index in [-0.39, 0.29) is 11.5 Å². The highest BCUT2D eigenvalue weighted by Crippen LogP contribution is 2.25. The van der Waals surface area contributed by atoms with Crippen LogP contribution in [0.3, 0.4) is 0 Å². The maximum absolute atomic E-state index is 10.1. The summed E-state index contributed by atoms with van der Waals surface area (Å²) in [5.41, 5.74) is 0.956. The predicted molar refractivity (Wildman–Crippen MR) is 63.2 cm³/mol. The van der Waals surface area contributed by atoms with Crippen LogP contribution >= 0.6 is 0 Å². The number of rotatable bonds is 4. The van der Waals surface area contributed by atoms with Gasteiger partial charge in [-0.2, -0.15) is 5.10 Å². The van der Waals surface area contributed by atoms with E-state index in [9.17, 15) is 5.11 Å². The van der Waals surface area contributed by atoms with Crippen LogP contribution in [-0.4, -0.2) is 34.2 Å². The van der Waals surface area contributed by atoms with E-state index in [1.807, 2.05) is 13.2 Å². The van der Waals surface area contributed by atoms with Gasteiger partial charge in [0, 0.05) is 26.8 Å². The van der Waals surface area contributed by atoms with Gasteiger partial charge < -0.3 is 9.84 Å². The van der Waals surface area contributed by atoms with Gasteiger partial charge in [-0.15, -0.1) is 0 Å². The third kappa shape index (κ3) is 3.32. The molecule has 16 heavy (non-hydrogen) atoms. The van der Waals surface area contributed by atoms with Crippen LogP contribution in [0.15, 0.2) is 12.4 Å². The second-order valence-electron chi connectivity index (χ2n) is 5.32. The number of ether oxygens (including phenoxy) is 1. The molecular weight excluding hydrogens is 204 g/mol. The van der Waals surface area contributed by atoms with Crippen molar-refractivity contribution in [2.24, 2.45) is 12.5 Å². The molecule has 0 saturated carbocycles. The molecule has 1 aromatic heterocycles. The lowest BCUT2D eigenvalue weighted by atomic mass is 9.84. The van der Waals surface area contributed by atoms with Crippen molar-refractivity contribution in [1.82, 2.24) is 9.78 Å². The van der Waals surface area contributed by atoms with Crippen LogP contribution in [0.25, 0.3) is 0 Å². The molecule has 1 aromatic rings.